The number of hydrogen-bond donors (Lipinski definition) is 1. The summed E-state index contributed by atoms with van der Waals surface area (Å²) in [5.74, 6) is -0.148. The first-order valence-corrected chi connectivity index (χ1v) is 11.3. The summed E-state index contributed by atoms with van der Waals surface area (Å²) >= 11 is 0. The fraction of sp³-hybridized carbons (Fsp3) is 0.0833. The fourth-order valence-electron chi connectivity index (χ4n) is 3.19. The summed E-state index contributed by atoms with van der Waals surface area (Å²) in [6.45, 7) is 0. The van der Waals surface area contributed by atoms with E-state index in [1.165, 1.54) is 32.4 Å². The van der Waals surface area contributed by atoms with Gasteiger partial charge in [-0.05, 0) is 30.3 Å². The van der Waals surface area contributed by atoms with Gasteiger partial charge >= 0.3 is 5.97 Å². The molecule has 4 aromatic rings. The van der Waals surface area contributed by atoms with Crippen molar-refractivity contribution in [1.82, 2.24) is 4.98 Å². The highest BCUT2D eigenvalue weighted by atomic mass is 32.2. The summed E-state index contributed by atoms with van der Waals surface area (Å²) in [5.41, 5.74) is 1.39. The monoisotopic (exact) mass is 464 g/mol. The summed E-state index contributed by atoms with van der Waals surface area (Å²) in [6, 6.07) is 22.1. The van der Waals surface area contributed by atoms with E-state index in [1.54, 1.807) is 48.5 Å². The van der Waals surface area contributed by atoms with Crippen molar-refractivity contribution < 1.29 is 27.1 Å². The van der Waals surface area contributed by atoms with Crippen LogP contribution in [0.25, 0.3) is 22.8 Å². The van der Waals surface area contributed by atoms with Gasteiger partial charge in [-0.15, -0.1) is 0 Å². The van der Waals surface area contributed by atoms with Gasteiger partial charge in [-0.2, -0.15) is 13.4 Å². The lowest BCUT2D eigenvalue weighted by atomic mass is 10.2. The van der Waals surface area contributed by atoms with Crippen LogP contribution in [0, 0.1) is 0 Å². The number of aromatic nitrogens is 1. The number of rotatable bonds is 7. The fourth-order valence-corrected chi connectivity index (χ4v) is 4.34. The van der Waals surface area contributed by atoms with Gasteiger partial charge in [0.25, 0.3) is 10.0 Å². The van der Waals surface area contributed by atoms with E-state index in [2.05, 4.69) is 9.71 Å². The number of hydrogen-bond acceptors (Lipinski definition) is 7. The molecule has 0 aliphatic rings. The van der Waals surface area contributed by atoms with Crippen molar-refractivity contribution in [2.45, 2.75) is 5.03 Å². The average molecular weight is 464 g/mol. The van der Waals surface area contributed by atoms with E-state index in [4.69, 9.17) is 13.9 Å². The Bertz CT molecular complexity index is 1380. The maximum atomic E-state index is 13.5. The molecular formula is C24H20N2O6S. The molecule has 0 aliphatic heterocycles. The van der Waals surface area contributed by atoms with Crippen LogP contribution in [-0.2, 0) is 14.8 Å². The van der Waals surface area contributed by atoms with E-state index < -0.39 is 16.0 Å². The Morgan fingerprint density at radius 2 is 1.55 bits per heavy atom. The number of oxazole rings is 1. The normalized spacial score (nSPS) is 11.1. The summed E-state index contributed by atoms with van der Waals surface area (Å²) in [6.07, 6.45) is 0. The molecule has 9 heteroatoms. The van der Waals surface area contributed by atoms with E-state index >= 15 is 0 Å². The Hall–Kier alpha value is -4.11. The van der Waals surface area contributed by atoms with Crippen LogP contribution in [0.15, 0.2) is 88.3 Å². The lowest BCUT2D eigenvalue weighted by Gasteiger charge is -2.12. The second kappa shape index (κ2) is 9.17. The number of nitrogens with zero attached hydrogens (tertiary/aromatic N) is 1. The standard InChI is InChI=1S/C24H20N2O6S/c1-30-20-14-13-18(24(27)31-2)15-19(20)26-33(28,29)23-21(16-9-5-3-6-10-16)32-22(25-23)17-11-7-4-8-12-17/h3-15,26H,1-2H3. The largest absolute Gasteiger partial charge is 0.495 e. The summed E-state index contributed by atoms with van der Waals surface area (Å²) in [4.78, 5) is 16.2. The number of nitrogens with one attached hydrogen (secondary N) is 1. The number of benzene rings is 3. The summed E-state index contributed by atoms with van der Waals surface area (Å²) in [5, 5.41) is -0.293. The van der Waals surface area contributed by atoms with Crippen molar-refractivity contribution in [2.24, 2.45) is 0 Å². The topological polar surface area (TPSA) is 108 Å². The zero-order chi connectivity index (χ0) is 23.4. The van der Waals surface area contributed by atoms with Gasteiger partial charge in [0.2, 0.25) is 10.9 Å². The van der Waals surface area contributed by atoms with Crippen molar-refractivity contribution in [2.75, 3.05) is 18.9 Å². The first-order valence-electron chi connectivity index (χ1n) is 9.84. The molecule has 1 heterocycles. The average Bonchev–Trinajstić information content (AvgIpc) is 3.31. The number of esters is 1. The molecule has 3 aromatic carbocycles. The highest BCUT2D eigenvalue weighted by molar-refractivity contribution is 7.92. The third-order valence-electron chi connectivity index (χ3n) is 4.77. The third kappa shape index (κ3) is 4.58. The first kappa shape index (κ1) is 22.1. The van der Waals surface area contributed by atoms with Crippen LogP contribution >= 0.6 is 0 Å². The zero-order valence-corrected chi connectivity index (χ0v) is 18.6. The van der Waals surface area contributed by atoms with Crippen LogP contribution in [0.4, 0.5) is 5.69 Å². The van der Waals surface area contributed by atoms with E-state index in [9.17, 15) is 13.2 Å². The smallest absolute Gasteiger partial charge is 0.337 e. The maximum Gasteiger partial charge on any atom is 0.337 e. The maximum absolute atomic E-state index is 13.5. The van der Waals surface area contributed by atoms with Gasteiger partial charge in [0, 0.05) is 11.1 Å². The molecule has 0 atom stereocenters. The number of anilines is 1. The van der Waals surface area contributed by atoms with Crippen LogP contribution in [-0.4, -0.2) is 33.6 Å². The molecule has 1 N–H and O–H groups in total. The molecule has 168 valence electrons. The SMILES string of the molecule is COC(=O)c1ccc(OC)c(NS(=O)(=O)c2nc(-c3ccccc3)oc2-c2ccccc2)c1. The molecule has 1 aromatic heterocycles. The minimum absolute atomic E-state index is 0.0590. The van der Waals surface area contributed by atoms with E-state index in [0.717, 1.165) is 0 Å². The predicted octanol–water partition coefficient (Wildman–Crippen LogP) is 4.60. The van der Waals surface area contributed by atoms with Gasteiger partial charge in [-0.25, -0.2) is 4.79 Å². The van der Waals surface area contributed by atoms with Crippen molar-refractivity contribution in [3.05, 3.63) is 84.4 Å². The van der Waals surface area contributed by atoms with Crippen LogP contribution in [0.5, 0.6) is 5.75 Å². The number of methoxy groups -OCH3 is 2. The van der Waals surface area contributed by atoms with Crippen molar-refractivity contribution in [3.8, 4) is 28.5 Å². The van der Waals surface area contributed by atoms with Gasteiger partial charge in [-0.3, -0.25) is 4.72 Å². The molecule has 0 saturated heterocycles. The molecule has 4 rings (SSSR count). The molecule has 0 saturated carbocycles. The zero-order valence-electron chi connectivity index (χ0n) is 17.8. The minimum atomic E-state index is -4.25. The molecule has 0 amide bonds. The molecule has 0 bridgehead atoms. The van der Waals surface area contributed by atoms with Crippen molar-refractivity contribution in [3.63, 3.8) is 0 Å². The lowest BCUT2D eigenvalue weighted by molar-refractivity contribution is 0.0600. The Kier molecular flexibility index (Phi) is 6.14. The van der Waals surface area contributed by atoms with Gasteiger partial charge in [0.1, 0.15) is 5.75 Å². The highest BCUT2D eigenvalue weighted by Gasteiger charge is 2.29. The molecule has 0 aliphatic carbocycles. The van der Waals surface area contributed by atoms with Crippen LogP contribution in [0.1, 0.15) is 10.4 Å². The highest BCUT2D eigenvalue weighted by Crippen LogP contribution is 2.35. The second-order valence-electron chi connectivity index (χ2n) is 6.90. The van der Waals surface area contributed by atoms with E-state index in [-0.39, 0.29) is 33.7 Å². The van der Waals surface area contributed by atoms with Gasteiger partial charge < -0.3 is 13.9 Å². The molecule has 0 unspecified atom stereocenters. The van der Waals surface area contributed by atoms with E-state index in [0.29, 0.717) is 11.1 Å². The number of sulfonamides is 1. The number of carbonyl (C=O) groups is 1. The number of ether oxygens (including phenoxy) is 2. The number of carbonyl (C=O) groups excluding carboxylic acids is 1. The molecule has 0 spiro atoms. The summed E-state index contributed by atoms with van der Waals surface area (Å²) in [7, 11) is -1.62. The second-order valence-corrected chi connectivity index (χ2v) is 8.50. The van der Waals surface area contributed by atoms with Crippen LogP contribution in [0.3, 0.4) is 0 Å². The lowest BCUT2D eigenvalue weighted by Crippen LogP contribution is -2.15. The molecule has 0 fully saturated rings. The molecule has 33 heavy (non-hydrogen) atoms. The van der Waals surface area contributed by atoms with Crippen molar-refractivity contribution in [1.29, 1.82) is 0 Å². The first-order chi connectivity index (χ1) is 15.9. The third-order valence-corrected chi connectivity index (χ3v) is 6.05. The molecular weight excluding hydrogens is 444 g/mol. The van der Waals surface area contributed by atoms with E-state index in [1.807, 2.05) is 12.1 Å². The van der Waals surface area contributed by atoms with Crippen molar-refractivity contribution >= 4 is 21.7 Å². The van der Waals surface area contributed by atoms with Gasteiger partial charge in [0.15, 0.2) is 5.76 Å². The van der Waals surface area contributed by atoms with Crippen LogP contribution in [0.2, 0.25) is 0 Å². The molecule has 8 nitrogen and oxygen atoms in total. The Morgan fingerprint density at radius 1 is 0.909 bits per heavy atom. The van der Waals surface area contributed by atoms with Crippen LogP contribution < -0.4 is 9.46 Å². The van der Waals surface area contributed by atoms with Gasteiger partial charge in [0.05, 0.1) is 25.5 Å². The minimum Gasteiger partial charge on any atom is -0.495 e. The quantitative estimate of drug-likeness (QED) is 0.398. The predicted molar refractivity (Wildman–Crippen MR) is 123 cm³/mol. The molecule has 0 radical (unpaired) electrons. The Balaban J connectivity index is 1.83. The Morgan fingerprint density at radius 3 is 2.15 bits per heavy atom. The van der Waals surface area contributed by atoms with Gasteiger partial charge in [-0.1, -0.05) is 48.5 Å². The summed E-state index contributed by atoms with van der Waals surface area (Å²) < 4.78 is 45.3. The Labute approximate surface area is 190 Å².